The van der Waals surface area contributed by atoms with Gasteiger partial charge in [0.1, 0.15) is 11.3 Å². The molecule has 1 aromatic carbocycles. The largest absolute Gasteiger partial charge is 0.493 e. The maximum atomic E-state index is 12.8. The predicted molar refractivity (Wildman–Crippen MR) is 104 cm³/mol. The first-order chi connectivity index (χ1) is 13.9. The van der Waals surface area contributed by atoms with Gasteiger partial charge in [-0.3, -0.25) is 4.79 Å². The molecule has 9 nitrogen and oxygen atoms in total. The van der Waals surface area contributed by atoms with Crippen LogP contribution in [-0.2, 0) is 9.53 Å². The van der Waals surface area contributed by atoms with E-state index in [9.17, 15) is 9.59 Å². The van der Waals surface area contributed by atoms with E-state index in [1.54, 1.807) is 25.1 Å². The highest BCUT2D eigenvalue weighted by Gasteiger charge is 2.38. The maximum absolute atomic E-state index is 12.8. The molecule has 0 fully saturated rings. The van der Waals surface area contributed by atoms with Crippen LogP contribution in [0, 0.1) is 6.92 Å². The zero-order valence-corrected chi connectivity index (χ0v) is 16.7. The summed E-state index contributed by atoms with van der Waals surface area (Å²) in [5, 5.41) is 0. The fourth-order valence-electron chi connectivity index (χ4n) is 3.42. The SMILES string of the molecule is COC(=O)C1=C(N)Oc2cc(C)[nH]c(=O)c2[C@@H]1c1cc(OC)c(OC)c(OC)c1. The number of hydrogen-bond acceptors (Lipinski definition) is 8. The zero-order chi connectivity index (χ0) is 21.3. The number of ether oxygens (including phenoxy) is 5. The molecule has 154 valence electrons. The van der Waals surface area contributed by atoms with Gasteiger partial charge in [-0.25, -0.2) is 4.79 Å². The second kappa shape index (κ2) is 7.78. The van der Waals surface area contributed by atoms with Crippen LogP contribution >= 0.6 is 0 Å². The lowest BCUT2D eigenvalue weighted by atomic mass is 9.83. The molecule has 3 rings (SSSR count). The van der Waals surface area contributed by atoms with E-state index < -0.39 is 17.4 Å². The van der Waals surface area contributed by atoms with Crippen molar-refractivity contribution in [3.05, 3.63) is 56.8 Å². The van der Waals surface area contributed by atoms with Crippen molar-refractivity contribution in [2.24, 2.45) is 5.73 Å². The number of aromatic amines is 1. The first-order valence-corrected chi connectivity index (χ1v) is 8.65. The Morgan fingerprint density at radius 2 is 1.69 bits per heavy atom. The molecular formula is C20H22N2O7. The van der Waals surface area contributed by atoms with Gasteiger partial charge in [0.2, 0.25) is 11.6 Å². The number of rotatable bonds is 5. The van der Waals surface area contributed by atoms with E-state index in [4.69, 9.17) is 29.4 Å². The third-order valence-electron chi connectivity index (χ3n) is 4.66. The van der Waals surface area contributed by atoms with Crippen molar-refractivity contribution in [3.63, 3.8) is 0 Å². The van der Waals surface area contributed by atoms with Crippen molar-refractivity contribution >= 4 is 5.97 Å². The summed E-state index contributed by atoms with van der Waals surface area (Å²) in [7, 11) is 5.65. The number of hydrogen-bond donors (Lipinski definition) is 2. The van der Waals surface area contributed by atoms with E-state index in [1.807, 2.05) is 0 Å². The van der Waals surface area contributed by atoms with E-state index >= 15 is 0 Å². The van der Waals surface area contributed by atoms with Gasteiger partial charge < -0.3 is 34.4 Å². The smallest absolute Gasteiger partial charge is 0.340 e. The van der Waals surface area contributed by atoms with Crippen LogP contribution < -0.4 is 30.2 Å². The highest BCUT2D eigenvalue weighted by atomic mass is 16.5. The van der Waals surface area contributed by atoms with Crippen LogP contribution in [0.2, 0.25) is 0 Å². The molecule has 0 saturated heterocycles. The van der Waals surface area contributed by atoms with Gasteiger partial charge in [0.25, 0.3) is 5.56 Å². The average Bonchev–Trinajstić information content (AvgIpc) is 2.70. The van der Waals surface area contributed by atoms with Crippen LogP contribution in [-0.4, -0.2) is 39.4 Å². The minimum Gasteiger partial charge on any atom is -0.493 e. The Hall–Kier alpha value is -3.62. The normalized spacial score (nSPS) is 15.3. The van der Waals surface area contributed by atoms with Crippen molar-refractivity contribution < 1.29 is 28.5 Å². The number of aryl methyl sites for hydroxylation is 1. The zero-order valence-electron chi connectivity index (χ0n) is 16.7. The molecule has 0 radical (unpaired) electrons. The summed E-state index contributed by atoms with van der Waals surface area (Å²) in [6.45, 7) is 1.72. The molecule has 0 unspecified atom stereocenters. The van der Waals surface area contributed by atoms with Crippen molar-refractivity contribution in [1.82, 2.24) is 4.98 Å². The first kappa shape index (κ1) is 20.1. The molecule has 2 heterocycles. The van der Waals surface area contributed by atoms with Crippen LogP contribution in [0.3, 0.4) is 0 Å². The second-order valence-electron chi connectivity index (χ2n) is 6.32. The number of carbonyl (C=O) groups excluding carboxylic acids is 1. The molecule has 0 bridgehead atoms. The summed E-state index contributed by atoms with van der Waals surface area (Å²) >= 11 is 0. The van der Waals surface area contributed by atoms with Gasteiger partial charge in [-0.05, 0) is 24.6 Å². The van der Waals surface area contributed by atoms with Gasteiger partial charge in [-0.2, -0.15) is 0 Å². The van der Waals surface area contributed by atoms with E-state index in [0.717, 1.165) is 0 Å². The lowest BCUT2D eigenvalue weighted by Crippen LogP contribution is -2.31. The summed E-state index contributed by atoms with van der Waals surface area (Å²) in [6, 6.07) is 4.94. The molecule has 1 aromatic heterocycles. The molecule has 1 aliphatic heterocycles. The number of nitrogens with one attached hydrogen (secondary N) is 1. The summed E-state index contributed by atoms with van der Waals surface area (Å²) in [4.78, 5) is 28.1. The summed E-state index contributed by atoms with van der Waals surface area (Å²) in [5.74, 6) is -0.373. The number of methoxy groups -OCH3 is 4. The predicted octanol–water partition coefficient (Wildman–Crippen LogP) is 1.58. The fraction of sp³-hybridized carbons (Fsp3) is 0.300. The Kier molecular flexibility index (Phi) is 5.40. The van der Waals surface area contributed by atoms with Gasteiger partial charge in [-0.15, -0.1) is 0 Å². The first-order valence-electron chi connectivity index (χ1n) is 8.65. The number of pyridine rings is 1. The molecule has 2 aromatic rings. The quantitative estimate of drug-likeness (QED) is 0.723. The molecule has 3 N–H and O–H groups in total. The molecule has 1 aliphatic rings. The van der Waals surface area contributed by atoms with Crippen LogP contribution in [0.25, 0.3) is 0 Å². The van der Waals surface area contributed by atoms with E-state index in [0.29, 0.717) is 28.5 Å². The summed E-state index contributed by atoms with van der Waals surface area (Å²) < 4.78 is 26.7. The Labute approximate surface area is 167 Å². The number of esters is 1. The van der Waals surface area contributed by atoms with Gasteiger partial charge in [0.05, 0.1) is 39.9 Å². The molecule has 9 heteroatoms. The third kappa shape index (κ3) is 3.35. The minimum absolute atomic E-state index is 0.00336. The Morgan fingerprint density at radius 3 is 2.21 bits per heavy atom. The van der Waals surface area contributed by atoms with Gasteiger partial charge in [-0.1, -0.05) is 0 Å². The second-order valence-corrected chi connectivity index (χ2v) is 6.32. The monoisotopic (exact) mass is 402 g/mol. The van der Waals surface area contributed by atoms with Crippen molar-refractivity contribution in [2.45, 2.75) is 12.8 Å². The molecule has 0 saturated carbocycles. The molecule has 0 spiro atoms. The third-order valence-corrected chi connectivity index (χ3v) is 4.66. The van der Waals surface area contributed by atoms with Crippen LogP contribution in [0.4, 0.5) is 0 Å². The van der Waals surface area contributed by atoms with Crippen molar-refractivity contribution in [1.29, 1.82) is 0 Å². The van der Waals surface area contributed by atoms with Crippen molar-refractivity contribution in [3.8, 4) is 23.0 Å². The lowest BCUT2D eigenvalue weighted by Gasteiger charge is -2.28. The number of fused-ring (bicyclic) bond motifs is 1. The van der Waals surface area contributed by atoms with Gasteiger partial charge in [0.15, 0.2) is 11.5 Å². The standard InChI is InChI=1S/C20H22N2O7/c1-9-6-11-15(19(23)22-9)14(16(18(21)29-11)20(24)28-5)10-7-12(25-2)17(27-4)13(8-10)26-3/h6-8,14H,21H2,1-5H3,(H,22,23)/t14-/m0/s1. The van der Waals surface area contributed by atoms with Crippen LogP contribution in [0.1, 0.15) is 22.7 Å². The molecule has 29 heavy (non-hydrogen) atoms. The molecule has 0 amide bonds. The van der Waals surface area contributed by atoms with E-state index in [-0.39, 0.29) is 22.8 Å². The van der Waals surface area contributed by atoms with Gasteiger partial charge >= 0.3 is 5.97 Å². The van der Waals surface area contributed by atoms with E-state index in [1.165, 1.54) is 28.4 Å². The summed E-state index contributed by atoms with van der Waals surface area (Å²) in [6.07, 6.45) is 0. The van der Waals surface area contributed by atoms with Crippen LogP contribution in [0.5, 0.6) is 23.0 Å². The van der Waals surface area contributed by atoms with Gasteiger partial charge in [0, 0.05) is 11.8 Å². The van der Waals surface area contributed by atoms with Crippen molar-refractivity contribution in [2.75, 3.05) is 28.4 Å². The molecule has 1 atom stereocenters. The minimum atomic E-state index is -0.871. The molecule has 0 aliphatic carbocycles. The Bertz CT molecular complexity index is 1030. The highest BCUT2D eigenvalue weighted by molar-refractivity contribution is 5.92. The lowest BCUT2D eigenvalue weighted by molar-refractivity contribution is -0.136. The van der Waals surface area contributed by atoms with E-state index in [2.05, 4.69) is 4.98 Å². The number of carbonyl (C=O) groups is 1. The fourth-order valence-corrected chi connectivity index (χ4v) is 3.42. The molecular weight excluding hydrogens is 380 g/mol. The Morgan fingerprint density at radius 1 is 1.07 bits per heavy atom. The number of H-pyrrole nitrogens is 1. The average molecular weight is 402 g/mol. The maximum Gasteiger partial charge on any atom is 0.340 e. The number of benzene rings is 1. The number of nitrogens with two attached hydrogens (primary N) is 1. The number of aromatic nitrogens is 1. The summed E-state index contributed by atoms with van der Waals surface area (Å²) in [5.41, 5.74) is 6.97. The topological polar surface area (TPSA) is 122 Å². The Balaban J connectivity index is 2.36. The van der Waals surface area contributed by atoms with Crippen LogP contribution in [0.15, 0.2) is 34.4 Å². The highest BCUT2D eigenvalue weighted by Crippen LogP contribution is 2.46.